The maximum absolute atomic E-state index is 12.1. The van der Waals surface area contributed by atoms with Crippen LogP contribution in [0.1, 0.15) is 35.3 Å². The maximum Gasteiger partial charge on any atom is 0.185 e. The molecule has 0 atom stereocenters. The van der Waals surface area contributed by atoms with Crippen LogP contribution in [0.3, 0.4) is 0 Å². The third-order valence-corrected chi connectivity index (χ3v) is 3.26. The number of carbonyl (C=O) groups is 1. The molecule has 0 aromatic heterocycles. The Kier molecular flexibility index (Phi) is 5.33. The molecule has 0 saturated heterocycles. The Labute approximate surface area is 126 Å². The minimum Gasteiger partial charge on any atom is -0.494 e. The van der Waals surface area contributed by atoms with E-state index >= 15 is 0 Å². The summed E-state index contributed by atoms with van der Waals surface area (Å²) in [6.07, 6.45) is 4.42. The Bertz CT molecular complexity index is 607. The van der Waals surface area contributed by atoms with E-state index < -0.39 is 0 Å². The lowest BCUT2D eigenvalue weighted by Gasteiger charge is -2.02. The number of hydrogen-bond donors (Lipinski definition) is 0. The van der Waals surface area contributed by atoms with Gasteiger partial charge in [0.2, 0.25) is 0 Å². The van der Waals surface area contributed by atoms with Crippen molar-refractivity contribution in [3.63, 3.8) is 0 Å². The predicted molar refractivity (Wildman–Crippen MR) is 86.8 cm³/mol. The Morgan fingerprint density at radius 3 is 2.24 bits per heavy atom. The zero-order valence-electron chi connectivity index (χ0n) is 12.5. The van der Waals surface area contributed by atoms with Crippen LogP contribution in [0.2, 0.25) is 0 Å². The second kappa shape index (κ2) is 7.44. The summed E-state index contributed by atoms with van der Waals surface area (Å²) in [5, 5.41) is 0. The summed E-state index contributed by atoms with van der Waals surface area (Å²) < 4.78 is 5.39. The van der Waals surface area contributed by atoms with Gasteiger partial charge in [-0.05, 0) is 42.7 Å². The van der Waals surface area contributed by atoms with Gasteiger partial charge in [0, 0.05) is 5.56 Å². The van der Waals surface area contributed by atoms with Gasteiger partial charge in [-0.3, -0.25) is 4.79 Å². The van der Waals surface area contributed by atoms with Crippen LogP contribution in [0.4, 0.5) is 0 Å². The summed E-state index contributed by atoms with van der Waals surface area (Å²) in [6, 6.07) is 15.4. The molecule has 0 unspecified atom stereocenters. The fourth-order valence-corrected chi connectivity index (χ4v) is 2.01. The van der Waals surface area contributed by atoms with E-state index in [0.717, 1.165) is 23.3 Å². The molecule has 2 nitrogen and oxygen atoms in total. The average Bonchev–Trinajstić information content (AvgIpc) is 2.54. The number of aryl methyl sites for hydroxylation is 1. The summed E-state index contributed by atoms with van der Waals surface area (Å²) in [7, 11) is 0. The van der Waals surface area contributed by atoms with Gasteiger partial charge in [-0.25, -0.2) is 0 Å². The topological polar surface area (TPSA) is 26.3 Å². The van der Waals surface area contributed by atoms with Gasteiger partial charge in [-0.2, -0.15) is 0 Å². The molecule has 0 saturated carbocycles. The summed E-state index contributed by atoms with van der Waals surface area (Å²) >= 11 is 0. The van der Waals surface area contributed by atoms with Gasteiger partial charge in [-0.15, -0.1) is 0 Å². The molecule has 0 N–H and O–H groups in total. The van der Waals surface area contributed by atoms with Crippen LogP contribution in [-0.4, -0.2) is 12.4 Å². The second-order valence-electron chi connectivity index (χ2n) is 4.75. The van der Waals surface area contributed by atoms with Crippen molar-refractivity contribution in [3.8, 4) is 5.75 Å². The molecule has 0 heterocycles. The van der Waals surface area contributed by atoms with E-state index in [1.807, 2.05) is 61.5 Å². The molecular weight excluding hydrogens is 260 g/mol. The third kappa shape index (κ3) is 4.32. The zero-order chi connectivity index (χ0) is 15.1. The molecule has 108 valence electrons. The van der Waals surface area contributed by atoms with E-state index in [0.29, 0.717) is 6.61 Å². The summed E-state index contributed by atoms with van der Waals surface area (Å²) in [5.41, 5.74) is 2.94. The van der Waals surface area contributed by atoms with Crippen molar-refractivity contribution >= 4 is 11.9 Å². The van der Waals surface area contributed by atoms with E-state index in [9.17, 15) is 4.79 Å². The number of hydrogen-bond acceptors (Lipinski definition) is 2. The van der Waals surface area contributed by atoms with Crippen LogP contribution in [0.5, 0.6) is 5.75 Å². The normalized spacial score (nSPS) is 10.8. The van der Waals surface area contributed by atoms with Gasteiger partial charge in [0.15, 0.2) is 5.78 Å². The van der Waals surface area contributed by atoms with Crippen molar-refractivity contribution in [2.75, 3.05) is 6.61 Å². The van der Waals surface area contributed by atoms with E-state index in [-0.39, 0.29) is 5.78 Å². The first-order valence-corrected chi connectivity index (χ1v) is 7.27. The van der Waals surface area contributed by atoms with Crippen molar-refractivity contribution < 1.29 is 9.53 Å². The number of ether oxygens (including phenoxy) is 1. The van der Waals surface area contributed by atoms with E-state index in [1.54, 1.807) is 6.08 Å². The minimum atomic E-state index is 0.0199. The molecule has 0 aliphatic rings. The number of ketones is 1. The van der Waals surface area contributed by atoms with Gasteiger partial charge in [-0.1, -0.05) is 49.4 Å². The van der Waals surface area contributed by atoms with E-state index in [4.69, 9.17) is 4.74 Å². The van der Waals surface area contributed by atoms with Gasteiger partial charge in [0.25, 0.3) is 0 Å². The largest absolute Gasteiger partial charge is 0.494 e. The van der Waals surface area contributed by atoms with Crippen LogP contribution >= 0.6 is 0 Å². The Morgan fingerprint density at radius 2 is 1.67 bits per heavy atom. The van der Waals surface area contributed by atoms with Gasteiger partial charge in [0.1, 0.15) is 5.75 Å². The van der Waals surface area contributed by atoms with E-state index in [1.165, 1.54) is 5.56 Å². The van der Waals surface area contributed by atoms with Crippen LogP contribution in [0.25, 0.3) is 6.08 Å². The Balaban J connectivity index is 2.03. The Hall–Kier alpha value is -2.35. The fourth-order valence-electron chi connectivity index (χ4n) is 2.01. The van der Waals surface area contributed by atoms with Crippen LogP contribution in [0, 0.1) is 0 Å². The first-order chi connectivity index (χ1) is 10.2. The fraction of sp³-hybridized carbons (Fsp3) is 0.211. The van der Waals surface area contributed by atoms with Gasteiger partial charge < -0.3 is 4.74 Å². The minimum absolute atomic E-state index is 0.0199. The van der Waals surface area contributed by atoms with Crippen molar-refractivity contribution in [2.45, 2.75) is 20.3 Å². The molecular formula is C19H20O2. The average molecular weight is 280 g/mol. The molecule has 0 aliphatic carbocycles. The summed E-state index contributed by atoms with van der Waals surface area (Å²) in [5.74, 6) is 0.864. The van der Waals surface area contributed by atoms with Crippen LogP contribution in [-0.2, 0) is 6.42 Å². The number of rotatable bonds is 6. The lowest BCUT2D eigenvalue weighted by atomic mass is 10.1. The second-order valence-corrected chi connectivity index (χ2v) is 4.75. The van der Waals surface area contributed by atoms with Crippen molar-refractivity contribution in [1.29, 1.82) is 0 Å². The monoisotopic (exact) mass is 280 g/mol. The first kappa shape index (κ1) is 15.0. The molecule has 2 rings (SSSR count). The molecule has 0 fully saturated rings. The molecule has 0 radical (unpaired) electrons. The lowest BCUT2D eigenvalue weighted by Crippen LogP contribution is -1.94. The molecule has 0 bridgehead atoms. The summed E-state index contributed by atoms with van der Waals surface area (Å²) in [6.45, 7) is 4.71. The highest BCUT2D eigenvalue weighted by atomic mass is 16.5. The lowest BCUT2D eigenvalue weighted by molar-refractivity contribution is 0.104. The highest BCUT2D eigenvalue weighted by Crippen LogP contribution is 2.14. The highest BCUT2D eigenvalue weighted by molar-refractivity contribution is 6.06. The van der Waals surface area contributed by atoms with Crippen molar-refractivity contribution in [2.24, 2.45) is 0 Å². The smallest absolute Gasteiger partial charge is 0.185 e. The Morgan fingerprint density at radius 1 is 1.00 bits per heavy atom. The van der Waals surface area contributed by atoms with E-state index in [2.05, 4.69) is 6.92 Å². The van der Waals surface area contributed by atoms with Crippen molar-refractivity contribution in [1.82, 2.24) is 0 Å². The number of carbonyl (C=O) groups excluding carboxylic acids is 1. The molecule has 0 aliphatic heterocycles. The predicted octanol–water partition coefficient (Wildman–Crippen LogP) is 4.54. The number of allylic oxidation sites excluding steroid dienone is 1. The standard InChI is InChI=1S/C19H20O2/c1-3-15-5-10-17(11-6-15)19(20)14-9-16-7-12-18(13-8-16)21-4-2/h5-14H,3-4H2,1-2H3. The molecule has 2 aromatic carbocycles. The van der Waals surface area contributed by atoms with Gasteiger partial charge in [0.05, 0.1) is 6.61 Å². The third-order valence-electron chi connectivity index (χ3n) is 3.26. The molecule has 21 heavy (non-hydrogen) atoms. The van der Waals surface area contributed by atoms with Gasteiger partial charge >= 0.3 is 0 Å². The maximum atomic E-state index is 12.1. The van der Waals surface area contributed by atoms with Crippen LogP contribution in [0.15, 0.2) is 54.6 Å². The zero-order valence-corrected chi connectivity index (χ0v) is 12.5. The SMILES string of the molecule is CCOc1ccc(C=CC(=O)c2ccc(CC)cc2)cc1. The molecule has 2 heteroatoms. The number of benzene rings is 2. The first-order valence-electron chi connectivity index (χ1n) is 7.27. The molecule has 0 spiro atoms. The molecule has 0 amide bonds. The summed E-state index contributed by atoms with van der Waals surface area (Å²) in [4.78, 5) is 12.1. The molecule has 2 aromatic rings. The highest BCUT2D eigenvalue weighted by Gasteiger charge is 2.01. The van der Waals surface area contributed by atoms with Crippen molar-refractivity contribution in [3.05, 3.63) is 71.3 Å². The quantitative estimate of drug-likeness (QED) is 0.573. The van der Waals surface area contributed by atoms with Crippen LogP contribution < -0.4 is 4.74 Å².